The summed E-state index contributed by atoms with van der Waals surface area (Å²) in [5, 5.41) is 0.817. The molecular formula is C21H22N4OS. The van der Waals surface area contributed by atoms with Crippen LogP contribution < -0.4 is 5.56 Å². The minimum Gasteiger partial charge on any atom is -0.320 e. The molecule has 3 aromatic heterocycles. The van der Waals surface area contributed by atoms with E-state index in [-0.39, 0.29) is 5.56 Å². The molecule has 5 nitrogen and oxygen atoms in total. The lowest BCUT2D eigenvalue weighted by atomic mass is 9.89. The zero-order valence-electron chi connectivity index (χ0n) is 15.6. The van der Waals surface area contributed by atoms with Gasteiger partial charge in [-0.15, -0.1) is 11.3 Å². The Labute approximate surface area is 161 Å². The fourth-order valence-corrected chi connectivity index (χ4v) is 5.59. The van der Waals surface area contributed by atoms with Crippen molar-refractivity contribution in [3.05, 3.63) is 56.7 Å². The maximum atomic E-state index is 12.8. The van der Waals surface area contributed by atoms with E-state index in [2.05, 4.69) is 29.5 Å². The second-order valence-electron chi connectivity index (χ2n) is 7.50. The number of benzene rings is 1. The molecule has 4 aromatic rings. The highest BCUT2D eigenvalue weighted by Crippen LogP contribution is 2.35. The Morgan fingerprint density at radius 3 is 3.00 bits per heavy atom. The highest BCUT2D eigenvalue weighted by atomic mass is 32.1. The van der Waals surface area contributed by atoms with Crippen LogP contribution in [0.5, 0.6) is 0 Å². The standard InChI is InChI=1S/C21H22N4OS/c1-3-18-22-14-6-4-5-7-15(14)25(18)11-17-23-20(26)19-13-9-8-12(2)10-16(13)27-21(19)24-17/h4-7,12H,3,8-11H2,1-2H3,(H,23,24,26). The average Bonchev–Trinajstić information content (AvgIpc) is 3.19. The van der Waals surface area contributed by atoms with Gasteiger partial charge >= 0.3 is 0 Å². The first-order chi connectivity index (χ1) is 13.1. The van der Waals surface area contributed by atoms with Gasteiger partial charge in [0.05, 0.1) is 23.0 Å². The first-order valence-corrected chi connectivity index (χ1v) is 10.4. The van der Waals surface area contributed by atoms with Crippen LogP contribution in [0.1, 0.15) is 42.4 Å². The van der Waals surface area contributed by atoms with Gasteiger partial charge in [-0.05, 0) is 42.9 Å². The van der Waals surface area contributed by atoms with Gasteiger partial charge in [0.15, 0.2) is 0 Å². The van der Waals surface area contributed by atoms with Gasteiger partial charge in [-0.1, -0.05) is 26.0 Å². The number of hydrogen-bond acceptors (Lipinski definition) is 4. The van der Waals surface area contributed by atoms with Crippen LogP contribution in [0.3, 0.4) is 0 Å². The van der Waals surface area contributed by atoms with Crippen molar-refractivity contribution < 1.29 is 0 Å². The highest BCUT2D eigenvalue weighted by Gasteiger charge is 2.23. The third kappa shape index (κ3) is 2.70. The van der Waals surface area contributed by atoms with Crippen LogP contribution in [-0.4, -0.2) is 19.5 Å². The van der Waals surface area contributed by atoms with Gasteiger partial charge in [0, 0.05) is 11.3 Å². The molecule has 0 saturated heterocycles. The third-order valence-corrected chi connectivity index (χ3v) is 6.72. The van der Waals surface area contributed by atoms with Crippen molar-refractivity contribution >= 4 is 32.6 Å². The molecule has 5 rings (SSSR count). The normalized spacial score (nSPS) is 16.9. The number of rotatable bonds is 3. The molecular weight excluding hydrogens is 356 g/mol. The number of aryl methyl sites for hydroxylation is 2. The predicted octanol–water partition coefficient (Wildman–Crippen LogP) is 4.07. The molecule has 1 atom stereocenters. The molecule has 0 aliphatic heterocycles. The molecule has 1 N–H and O–H groups in total. The van der Waals surface area contributed by atoms with Crippen molar-refractivity contribution in [3.8, 4) is 0 Å². The number of aromatic nitrogens is 4. The number of hydrogen-bond donors (Lipinski definition) is 1. The maximum absolute atomic E-state index is 12.8. The van der Waals surface area contributed by atoms with E-state index in [1.165, 1.54) is 10.4 Å². The molecule has 27 heavy (non-hydrogen) atoms. The minimum atomic E-state index is 0.00419. The van der Waals surface area contributed by atoms with E-state index in [1.54, 1.807) is 11.3 Å². The molecule has 0 saturated carbocycles. The van der Waals surface area contributed by atoms with Crippen molar-refractivity contribution in [1.82, 2.24) is 19.5 Å². The number of nitrogens with one attached hydrogen (secondary N) is 1. The van der Waals surface area contributed by atoms with Crippen molar-refractivity contribution in [2.24, 2.45) is 5.92 Å². The molecule has 1 aromatic carbocycles. The van der Waals surface area contributed by atoms with E-state index in [1.807, 2.05) is 18.2 Å². The Balaban J connectivity index is 1.62. The first kappa shape index (κ1) is 16.7. The van der Waals surface area contributed by atoms with E-state index in [4.69, 9.17) is 9.97 Å². The average molecular weight is 379 g/mol. The molecule has 138 valence electrons. The summed E-state index contributed by atoms with van der Waals surface area (Å²) in [5.41, 5.74) is 3.30. The molecule has 1 aliphatic carbocycles. The Morgan fingerprint density at radius 2 is 2.15 bits per heavy atom. The second kappa shape index (κ2) is 6.30. The van der Waals surface area contributed by atoms with Crippen LogP contribution in [0.2, 0.25) is 0 Å². The summed E-state index contributed by atoms with van der Waals surface area (Å²) in [6.07, 6.45) is 4.05. The number of thiophene rings is 1. The molecule has 0 fully saturated rings. The Kier molecular flexibility index (Phi) is 3.90. The van der Waals surface area contributed by atoms with Gasteiger partial charge in [-0.25, -0.2) is 9.97 Å². The third-order valence-electron chi connectivity index (χ3n) is 5.57. The predicted molar refractivity (Wildman–Crippen MR) is 110 cm³/mol. The molecule has 0 spiro atoms. The molecule has 0 bridgehead atoms. The van der Waals surface area contributed by atoms with Crippen LogP contribution in [0, 0.1) is 5.92 Å². The van der Waals surface area contributed by atoms with E-state index in [0.29, 0.717) is 18.3 Å². The first-order valence-electron chi connectivity index (χ1n) is 9.61. The van der Waals surface area contributed by atoms with Crippen molar-refractivity contribution in [2.45, 2.75) is 46.1 Å². The van der Waals surface area contributed by atoms with Crippen LogP contribution in [-0.2, 0) is 25.8 Å². The summed E-state index contributed by atoms with van der Waals surface area (Å²) in [7, 11) is 0. The lowest BCUT2D eigenvalue weighted by Gasteiger charge is -2.17. The maximum Gasteiger partial charge on any atom is 0.259 e. The summed E-state index contributed by atoms with van der Waals surface area (Å²) in [5.74, 6) is 2.41. The number of H-pyrrole nitrogens is 1. The fourth-order valence-electron chi connectivity index (χ4n) is 4.19. The Morgan fingerprint density at radius 1 is 1.30 bits per heavy atom. The zero-order valence-corrected chi connectivity index (χ0v) is 16.4. The number of aromatic amines is 1. The quantitative estimate of drug-likeness (QED) is 0.584. The number of imidazole rings is 1. The SMILES string of the molecule is CCc1nc2ccccc2n1Cc1nc2sc3c(c2c(=O)[nH]1)CCC(C)C3. The van der Waals surface area contributed by atoms with E-state index in [9.17, 15) is 4.79 Å². The lowest BCUT2D eigenvalue weighted by Crippen LogP contribution is -2.16. The van der Waals surface area contributed by atoms with E-state index in [0.717, 1.165) is 52.8 Å². The second-order valence-corrected chi connectivity index (χ2v) is 8.58. The number of fused-ring (bicyclic) bond motifs is 4. The van der Waals surface area contributed by atoms with Crippen molar-refractivity contribution in [2.75, 3.05) is 0 Å². The van der Waals surface area contributed by atoms with Crippen LogP contribution in [0.25, 0.3) is 21.3 Å². The smallest absolute Gasteiger partial charge is 0.259 e. The summed E-state index contributed by atoms with van der Waals surface area (Å²) in [6, 6.07) is 8.12. The monoisotopic (exact) mass is 378 g/mol. The summed E-state index contributed by atoms with van der Waals surface area (Å²) < 4.78 is 2.16. The molecule has 1 aliphatic rings. The highest BCUT2D eigenvalue weighted by molar-refractivity contribution is 7.18. The van der Waals surface area contributed by atoms with Crippen LogP contribution in [0.15, 0.2) is 29.1 Å². The summed E-state index contributed by atoms with van der Waals surface area (Å²) in [6.45, 7) is 4.92. The molecule has 1 unspecified atom stereocenters. The van der Waals surface area contributed by atoms with Crippen LogP contribution in [0.4, 0.5) is 0 Å². The number of para-hydroxylation sites is 2. The van der Waals surface area contributed by atoms with E-state index >= 15 is 0 Å². The molecule has 3 heterocycles. The Bertz CT molecular complexity index is 1220. The van der Waals surface area contributed by atoms with Gasteiger partial charge in [0.2, 0.25) is 0 Å². The molecule has 0 radical (unpaired) electrons. The van der Waals surface area contributed by atoms with Gasteiger partial charge in [0.1, 0.15) is 16.5 Å². The van der Waals surface area contributed by atoms with Gasteiger partial charge in [-0.2, -0.15) is 0 Å². The fraction of sp³-hybridized carbons (Fsp3) is 0.381. The van der Waals surface area contributed by atoms with Gasteiger partial charge in [-0.3, -0.25) is 4.79 Å². The largest absolute Gasteiger partial charge is 0.320 e. The van der Waals surface area contributed by atoms with Gasteiger partial charge in [0.25, 0.3) is 5.56 Å². The molecule has 6 heteroatoms. The topological polar surface area (TPSA) is 63.6 Å². The zero-order chi connectivity index (χ0) is 18.5. The Hall–Kier alpha value is -2.47. The minimum absolute atomic E-state index is 0.00419. The summed E-state index contributed by atoms with van der Waals surface area (Å²) in [4.78, 5) is 27.7. The van der Waals surface area contributed by atoms with E-state index < -0.39 is 0 Å². The van der Waals surface area contributed by atoms with Crippen molar-refractivity contribution in [1.29, 1.82) is 0 Å². The van der Waals surface area contributed by atoms with Crippen molar-refractivity contribution in [3.63, 3.8) is 0 Å². The summed E-state index contributed by atoms with van der Waals surface area (Å²) >= 11 is 1.70. The van der Waals surface area contributed by atoms with Gasteiger partial charge < -0.3 is 9.55 Å². The number of nitrogens with zero attached hydrogens (tertiary/aromatic N) is 3. The molecule has 0 amide bonds. The lowest BCUT2D eigenvalue weighted by molar-refractivity contribution is 0.509. The van der Waals surface area contributed by atoms with Crippen LogP contribution >= 0.6 is 11.3 Å².